The first-order valence-corrected chi connectivity index (χ1v) is 7.29. The van der Waals surface area contributed by atoms with E-state index in [-0.39, 0.29) is 6.04 Å². The number of nitrogens with one attached hydrogen (secondary N) is 1. The van der Waals surface area contributed by atoms with Crippen LogP contribution < -0.4 is 11.3 Å². The van der Waals surface area contributed by atoms with E-state index in [1.54, 1.807) is 0 Å². The molecule has 0 aliphatic carbocycles. The van der Waals surface area contributed by atoms with E-state index < -0.39 is 0 Å². The topological polar surface area (TPSA) is 55.9 Å². The molecule has 0 aliphatic heterocycles. The fourth-order valence-corrected chi connectivity index (χ4v) is 2.43. The third kappa shape index (κ3) is 3.96. The average molecular weight is 313 g/mol. The van der Waals surface area contributed by atoms with Gasteiger partial charge in [0.25, 0.3) is 0 Å². The van der Waals surface area contributed by atoms with Crippen LogP contribution in [0.3, 0.4) is 0 Å². The van der Waals surface area contributed by atoms with Crippen LogP contribution >= 0.6 is 23.2 Å². The van der Waals surface area contributed by atoms with Crippen LogP contribution in [-0.4, -0.2) is 15.8 Å². The minimum atomic E-state index is 0.127. The summed E-state index contributed by atoms with van der Waals surface area (Å²) < 4.78 is 1.90. The van der Waals surface area contributed by atoms with Crippen molar-refractivity contribution in [2.45, 2.75) is 32.4 Å². The highest BCUT2D eigenvalue weighted by Gasteiger charge is 2.11. The maximum atomic E-state index is 6.03. The second-order valence-electron chi connectivity index (χ2n) is 4.72. The van der Waals surface area contributed by atoms with Crippen molar-refractivity contribution in [3.8, 4) is 0 Å². The molecule has 4 nitrogen and oxygen atoms in total. The normalized spacial score (nSPS) is 12.6. The summed E-state index contributed by atoms with van der Waals surface area (Å²) in [7, 11) is 0. The smallest absolute Gasteiger partial charge is 0.0595 e. The number of halogens is 2. The van der Waals surface area contributed by atoms with Gasteiger partial charge in [-0.1, -0.05) is 29.3 Å². The molecule has 1 heterocycles. The highest BCUT2D eigenvalue weighted by molar-refractivity contribution is 6.42. The molecular formula is C14H18Cl2N4. The molecule has 0 spiro atoms. The van der Waals surface area contributed by atoms with Crippen molar-refractivity contribution in [3.63, 3.8) is 0 Å². The van der Waals surface area contributed by atoms with Crippen LogP contribution in [0.4, 0.5) is 0 Å². The maximum absolute atomic E-state index is 6.03. The fourth-order valence-electron chi connectivity index (χ4n) is 2.11. The summed E-state index contributed by atoms with van der Waals surface area (Å²) in [4.78, 5) is 0. The Bertz CT molecular complexity index is 568. The lowest BCUT2D eigenvalue weighted by molar-refractivity contribution is 0.522. The second kappa shape index (κ2) is 7.09. The summed E-state index contributed by atoms with van der Waals surface area (Å²) in [6.07, 6.45) is 5.52. The third-order valence-corrected chi connectivity index (χ3v) is 3.93. The number of hydrogen-bond acceptors (Lipinski definition) is 3. The standard InChI is InChI=1S/C14H18Cl2N4/c1-2-20-9-11(8-18-20)6-12(19-17)5-10-3-4-13(15)14(16)7-10/h3-4,7-9,12,19H,2,5-6,17H2,1H3. The molecule has 2 aromatic rings. The minimum absolute atomic E-state index is 0.127. The molecule has 108 valence electrons. The van der Waals surface area contributed by atoms with Gasteiger partial charge in [-0.3, -0.25) is 16.0 Å². The summed E-state index contributed by atoms with van der Waals surface area (Å²) in [5.41, 5.74) is 5.11. The van der Waals surface area contributed by atoms with Gasteiger partial charge in [0, 0.05) is 18.8 Å². The third-order valence-electron chi connectivity index (χ3n) is 3.19. The summed E-state index contributed by atoms with van der Waals surface area (Å²) in [6.45, 7) is 2.93. The zero-order chi connectivity index (χ0) is 14.5. The van der Waals surface area contributed by atoms with Crippen LogP contribution in [0.25, 0.3) is 0 Å². The number of benzene rings is 1. The van der Waals surface area contributed by atoms with Crippen LogP contribution in [0.5, 0.6) is 0 Å². The molecule has 20 heavy (non-hydrogen) atoms. The van der Waals surface area contributed by atoms with Gasteiger partial charge in [-0.2, -0.15) is 5.10 Å². The highest BCUT2D eigenvalue weighted by atomic mass is 35.5. The van der Waals surface area contributed by atoms with Gasteiger partial charge in [-0.25, -0.2) is 0 Å². The molecule has 0 saturated carbocycles. The second-order valence-corrected chi connectivity index (χ2v) is 5.54. The van der Waals surface area contributed by atoms with E-state index >= 15 is 0 Å². The number of nitrogens with zero attached hydrogens (tertiary/aromatic N) is 2. The molecule has 0 amide bonds. The number of nitrogens with two attached hydrogens (primary N) is 1. The van der Waals surface area contributed by atoms with Crippen molar-refractivity contribution in [1.82, 2.24) is 15.2 Å². The summed E-state index contributed by atoms with van der Waals surface area (Å²) >= 11 is 11.9. The van der Waals surface area contributed by atoms with Gasteiger partial charge in [0.15, 0.2) is 0 Å². The largest absolute Gasteiger partial charge is 0.273 e. The van der Waals surface area contributed by atoms with E-state index in [1.165, 1.54) is 0 Å². The summed E-state index contributed by atoms with van der Waals surface area (Å²) in [5.74, 6) is 5.64. The van der Waals surface area contributed by atoms with Crippen molar-refractivity contribution in [3.05, 3.63) is 51.8 Å². The highest BCUT2D eigenvalue weighted by Crippen LogP contribution is 2.23. The minimum Gasteiger partial charge on any atom is -0.273 e. The lowest BCUT2D eigenvalue weighted by atomic mass is 10.0. The Hall–Kier alpha value is -1.07. The Morgan fingerprint density at radius 3 is 2.60 bits per heavy atom. The average Bonchev–Trinajstić information content (AvgIpc) is 2.90. The van der Waals surface area contributed by atoms with Gasteiger partial charge in [0.05, 0.1) is 16.2 Å². The monoisotopic (exact) mass is 312 g/mol. The molecule has 1 aromatic heterocycles. The number of aryl methyl sites for hydroxylation is 1. The first kappa shape index (κ1) is 15.3. The van der Waals surface area contributed by atoms with Crippen LogP contribution in [0, 0.1) is 0 Å². The Labute approximate surface area is 128 Å². The molecule has 0 aliphatic rings. The van der Waals surface area contributed by atoms with E-state index in [4.69, 9.17) is 29.0 Å². The first-order valence-electron chi connectivity index (χ1n) is 6.53. The SMILES string of the molecule is CCn1cc(CC(Cc2ccc(Cl)c(Cl)c2)NN)cn1. The van der Waals surface area contributed by atoms with E-state index in [0.29, 0.717) is 10.0 Å². The number of aromatic nitrogens is 2. The summed E-state index contributed by atoms with van der Waals surface area (Å²) in [6, 6.07) is 5.78. The van der Waals surface area contributed by atoms with E-state index in [1.807, 2.05) is 35.3 Å². The lowest BCUT2D eigenvalue weighted by Crippen LogP contribution is -2.38. The number of hydrogen-bond donors (Lipinski definition) is 2. The number of rotatable bonds is 6. The zero-order valence-corrected chi connectivity index (χ0v) is 12.8. The number of hydrazine groups is 1. The maximum Gasteiger partial charge on any atom is 0.0595 e. The predicted molar refractivity (Wildman–Crippen MR) is 82.9 cm³/mol. The van der Waals surface area contributed by atoms with Crippen molar-refractivity contribution < 1.29 is 0 Å². The Balaban J connectivity index is 2.02. The van der Waals surface area contributed by atoms with E-state index in [0.717, 1.165) is 30.5 Å². The molecule has 0 saturated heterocycles. The molecule has 3 N–H and O–H groups in total. The van der Waals surface area contributed by atoms with Crippen LogP contribution in [0.1, 0.15) is 18.1 Å². The molecule has 0 radical (unpaired) electrons. The molecular weight excluding hydrogens is 295 g/mol. The van der Waals surface area contributed by atoms with Crippen molar-refractivity contribution in [2.24, 2.45) is 5.84 Å². The van der Waals surface area contributed by atoms with E-state index in [2.05, 4.69) is 17.4 Å². The van der Waals surface area contributed by atoms with E-state index in [9.17, 15) is 0 Å². The Morgan fingerprint density at radius 1 is 1.25 bits per heavy atom. The Morgan fingerprint density at radius 2 is 2.00 bits per heavy atom. The summed E-state index contributed by atoms with van der Waals surface area (Å²) in [5, 5.41) is 5.40. The lowest BCUT2D eigenvalue weighted by Gasteiger charge is -2.15. The fraction of sp³-hybridized carbons (Fsp3) is 0.357. The van der Waals surface area contributed by atoms with Crippen LogP contribution in [0.15, 0.2) is 30.6 Å². The molecule has 1 aromatic carbocycles. The van der Waals surface area contributed by atoms with Gasteiger partial charge in [-0.05, 0) is 43.0 Å². The van der Waals surface area contributed by atoms with Gasteiger partial charge in [-0.15, -0.1) is 0 Å². The molecule has 6 heteroatoms. The van der Waals surface area contributed by atoms with Gasteiger partial charge in [0.1, 0.15) is 0 Å². The molecule has 1 atom stereocenters. The quantitative estimate of drug-likeness (QED) is 0.637. The predicted octanol–water partition coefficient (Wildman–Crippen LogP) is 2.83. The van der Waals surface area contributed by atoms with Crippen molar-refractivity contribution in [2.75, 3.05) is 0 Å². The first-order chi connectivity index (χ1) is 9.62. The molecule has 0 bridgehead atoms. The Kier molecular flexibility index (Phi) is 5.43. The van der Waals surface area contributed by atoms with Crippen molar-refractivity contribution >= 4 is 23.2 Å². The molecule has 1 unspecified atom stereocenters. The van der Waals surface area contributed by atoms with Crippen molar-refractivity contribution in [1.29, 1.82) is 0 Å². The van der Waals surface area contributed by atoms with Crippen LogP contribution in [-0.2, 0) is 19.4 Å². The zero-order valence-electron chi connectivity index (χ0n) is 11.3. The molecule has 0 fully saturated rings. The van der Waals surface area contributed by atoms with Gasteiger partial charge >= 0.3 is 0 Å². The van der Waals surface area contributed by atoms with Gasteiger partial charge in [0.2, 0.25) is 0 Å². The molecule has 2 rings (SSSR count). The van der Waals surface area contributed by atoms with Gasteiger partial charge < -0.3 is 0 Å². The van der Waals surface area contributed by atoms with Crippen LogP contribution in [0.2, 0.25) is 10.0 Å².